The summed E-state index contributed by atoms with van der Waals surface area (Å²) in [6.07, 6.45) is -5.37. The summed E-state index contributed by atoms with van der Waals surface area (Å²) in [6.45, 7) is -1.13. The predicted octanol–water partition coefficient (Wildman–Crippen LogP) is -1.37. The molecule has 4 aromatic rings. The number of ether oxygens (including phenoxy) is 2. The van der Waals surface area contributed by atoms with E-state index in [0.29, 0.717) is 11.0 Å². The third-order valence-corrected chi connectivity index (χ3v) is 9.54. The summed E-state index contributed by atoms with van der Waals surface area (Å²) in [4.78, 5) is 41.5. The van der Waals surface area contributed by atoms with Crippen LogP contribution in [0.1, 0.15) is 18.9 Å². The molecule has 2 aliphatic rings. The van der Waals surface area contributed by atoms with Gasteiger partial charge in [0.2, 0.25) is 5.95 Å². The van der Waals surface area contributed by atoms with E-state index in [9.17, 15) is 34.7 Å². The molecule has 4 aromatic heterocycles. The third-order valence-electron chi connectivity index (χ3n) is 7.37. The number of nitrogens with two attached hydrogens (primary N) is 1. The minimum absolute atomic E-state index is 0.0800. The van der Waals surface area contributed by atoms with Gasteiger partial charge in [-0.05, 0) is 6.07 Å². The average Bonchev–Trinajstić information content (AvgIpc) is 3.70. The van der Waals surface area contributed by atoms with Crippen LogP contribution in [0.25, 0.3) is 22.2 Å². The molecule has 9 atom stereocenters. The number of nitrogen functional groups attached to an aromatic ring is 1. The van der Waals surface area contributed by atoms with Crippen LogP contribution in [0.4, 0.5) is 5.95 Å². The van der Waals surface area contributed by atoms with E-state index in [4.69, 9.17) is 31.3 Å². The van der Waals surface area contributed by atoms with E-state index in [-0.39, 0.29) is 28.7 Å². The van der Waals surface area contributed by atoms with E-state index in [1.807, 2.05) is 0 Å². The number of hydrogen-bond donors (Lipinski definition) is 7. The number of aliphatic hydroxyl groups is 4. The molecule has 2 saturated heterocycles. The van der Waals surface area contributed by atoms with Crippen LogP contribution >= 0.6 is 19.2 Å². The second-order valence-electron chi connectivity index (χ2n) is 9.86. The standard InChI is InChI=1S/C22H26ClN8O10P/c23-16-8-1-3-30(17(8)26-6-25-16)20-14(35)12(33)9(40-20)2-4-39-42(37,38)15-13(34)10(5-32)41-21(15)31-7-27-11-18(31)28-22(24)29-19(11)36/h1,3,6-7,9-10,12-15,20-21,32-35H,2,4-5H2,(H,37,38)(H3,24,28,29,36)/t9-,10-,12-,13-,14-,15-,20-,21-/m1/s1. The minimum atomic E-state index is -4.76. The quantitative estimate of drug-likeness (QED) is 0.0876. The summed E-state index contributed by atoms with van der Waals surface area (Å²) in [7, 11) is -4.76. The monoisotopic (exact) mass is 628 g/mol. The van der Waals surface area contributed by atoms with Crippen molar-refractivity contribution >= 4 is 47.3 Å². The molecule has 226 valence electrons. The molecule has 0 saturated carbocycles. The Kier molecular flexibility index (Phi) is 7.55. The summed E-state index contributed by atoms with van der Waals surface area (Å²) < 4.78 is 33.0. The molecule has 0 spiro atoms. The number of imidazole rings is 1. The van der Waals surface area contributed by atoms with Gasteiger partial charge in [-0.25, -0.2) is 15.0 Å². The van der Waals surface area contributed by atoms with E-state index in [1.54, 1.807) is 12.3 Å². The van der Waals surface area contributed by atoms with Gasteiger partial charge in [-0.2, -0.15) is 4.98 Å². The van der Waals surface area contributed by atoms with Gasteiger partial charge in [0.25, 0.3) is 5.56 Å². The zero-order valence-electron chi connectivity index (χ0n) is 21.4. The number of hydrogen-bond acceptors (Lipinski definition) is 14. The van der Waals surface area contributed by atoms with Crippen LogP contribution in [-0.4, -0.2) is 109 Å². The molecule has 6 heterocycles. The summed E-state index contributed by atoms with van der Waals surface area (Å²) in [5, 5.41) is 42.5. The van der Waals surface area contributed by atoms with E-state index in [1.165, 1.54) is 10.9 Å². The number of anilines is 1. The lowest BCUT2D eigenvalue weighted by Crippen LogP contribution is -2.34. The maximum atomic E-state index is 13.5. The topological polar surface area (TPSA) is 266 Å². The van der Waals surface area contributed by atoms with Crippen LogP contribution in [0.2, 0.25) is 5.15 Å². The molecular weight excluding hydrogens is 603 g/mol. The molecule has 20 heteroatoms. The second kappa shape index (κ2) is 10.9. The Hall–Kier alpha value is -3.03. The van der Waals surface area contributed by atoms with Gasteiger partial charge >= 0.3 is 7.60 Å². The van der Waals surface area contributed by atoms with Gasteiger partial charge in [0.05, 0.1) is 31.0 Å². The first-order valence-electron chi connectivity index (χ1n) is 12.6. The normalized spacial score (nSPS) is 31.3. The van der Waals surface area contributed by atoms with Crippen LogP contribution in [0, 0.1) is 0 Å². The third kappa shape index (κ3) is 4.79. The van der Waals surface area contributed by atoms with E-state index in [2.05, 4.69) is 24.9 Å². The number of aromatic amines is 1. The first kappa shape index (κ1) is 29.1. The number of aromatic nitrogens is 7. The Labute approximate surface area is 239 Å². The number of nitrogens with zero attached hydrogens (tertiary/aromatic N) is 6. The molecule has 42 heavy (non-hydrogen) atoms. The lowest BCUT2D eigenvalue weighted by atomic mass is 10.1. The Morgan fingerprint density at radius 2 is 1.83 bits per heavy atom. The Morgan fingerprint density at radius 3 is 2.60 bits per heavy atom. The summed E-state index contributed by atoms with van der Waals surface area (Å²) in [5.41, 5.74) is 3.50. The van der Waals surface area contributed by atoms with Crippen molar-refractivity contribution in [1.29, 1.82) is 0 Å². The maximum Gasteiger partial charge on any atom is 0.338 e. The number of halogens is 1. The zero-order valence-corrected chi connectivity index (χ0v) is 23.1. The fourth-order valence-electron chi connectivity index (χ4n) is 5.32. The fourth-order valence-corrected chi connectivity index (χ4v) is 7.17. The van der Waals surface area contributed by atoms with Gasteiger partial charge in [0.15, 0.2) is 23.6 Å². The molecule has 2 aliphatic heterocycles. The van der Waals surface area contributed by atoms with E-state index < -0.39 is 75.0 Å². The largest absolute Gasteiger partial charge is 0.394 e. The fraction of sp³-hybridized carbons (Fsp3) is 0.500. The molecule has 18 nitrogen and oxygen atoms in total. The number of rotatable bonds is 8. The van der Waals surface area contributed by atoms with Crippen LogP contribution in [0.15, 0.2) is 29.7 Å². The van der Waals surface area contributed by atoms with Crippen LogP contribution in [0.3, 0.4) is 0 Å². The van der Waals surface area contributed by atoms with Crippen molar-refractivity contribution in [3.63, 3.8) is 0 Å². The van der Waals surface area contributed by atoms with Crippen molar-refractivity contribution in [3.05, 3.63) is 40.4 Å². The number of nitrogens with one attached hydrogen (secondary N) is 1. The lowest BCUT2D eigenvalue weighted by Gasteiger charge is -2.26. The van der Waals surface area contributed by atoms with Crippen LogP contribution in [0.5, 0.6) is 0 Å². The number of H-pyrrole nitrogens is 1. The Balaban J connectivity index is 1.19. The maximum absolute atomic E-state index is 13.5. The first-order valence-corrected chi connectivity index (χ1v) is 14.7. The molecule has 0 bridgehead atoms. The lowest BCUT2D eigenvalue weighted by molar-refractivity contribution is -0.0435. The number of fused-ring (bicyclic) bond motifs is 2. The molecule has 0 radical (unpaired) electrons. The second-order valence-corrected chi connectivity index (χ2v) is 12.2. The van der Waals surface area contributed by atoms with Crippen molar-refractivity contribution in [2.45, 2.75) is 55.1 Å². The minimum Gasteiger partial charge on any atom is -0.394 e. The molecule has 0 aromatic carbocycles. The number of aliphatic hydroxyl groups excluding tert-OH is 4. The summed E-state index contributed by atoms with van der Waals surface area (Å²) in [6, 6.07) is 1.63. The molecule has 1 unspecified atom stereocenters. The van der Waals surface area contributed by atoms with Gasteiger partial charge in [-0.3, -0.25) is 18.9 Å². The molecule has 6 rings (SSSR count). The first-order chi connectivity index (χ1) is 20.0. The van der Waals surface area contributed by atoms with Crippen molar-refractivity contribution in [2.75, 3.05) is 18.9 Å². The van der Waals surface area contributed by atoms with Crippen molar-refractivity contribution in [3.8, 4) is 0 Å². The predicted molar refractivity (Wildman–Crippen MR) is 142 cm³/mol. The van der Waals surface area contributed by atoms with Gasteiger partial charge in [-0.15, -0.1) is 0 Å². The Bertz CT molecular complexity index is 1730. The highest BCUT2D eigenvalue weighted by atomic mass is 35.5. The van der Waals surface area contributed by atoms with Gasteiger partial charge in [-0.1, -0.05) is 11.6 Å². The molecule has 0 aliphatic carbocycles. The van der Waals surface area contributed by atoms with Crippen LogP contribution in [-0.2, 0) is 18.6 Å². The molecule has 8 N–H and O–H groups in total. The van der Waals surface area contributed by atoms with E-state index in [0.717, 1.165) is 10.9 Å². The van der Waals surface area contributed by atoms with Gasteiger partial charge in [0.1, 0.15) is 47.2 Å². The SMILES string of the molecule is Nc1nc2c(ncn2[C@@H]2O[C@H](CO)[C@@H](O)[C@H]2P(=O)(O)OCC[C@H]2O[C@@H](n3ccc4c(Cl)ncnc43)[C@H](O)[C@@H]2O)c(=O)[nH]1. The van der Waals surface area contributed by atoms with Gasteiger partial charge < -0.3 is 49.6 Å². The zero-order chi connectivity index (χ0) is 29.9. The van der Waals surface area contributed by atoms with Crippen LogP contribution < -0.4 is 11.3 Å². The highest BCUT2D eigenvalue weighted by molar-refractivity contribution is 7.53. The highest BCUT2D eigenvalue weighted by Crippen LogP contribution is 2.57. The van der Waals surface area contributed by atoms with E-state index >= 15 is 0 Å². The molecular formula is C22H26ClN8O10P. The van der Waals surface area contributed by atoms with Gasteiger partial charge in [0, 0.05) is 12.6 Å². The molecule has 0 amide bonds. The van der Waals surface area contributed by atoms with Crippen molar-refractivity contribution in [1.82, 2.24) is 34.1 Å². The summed E-state index contributed by atoms with van der Waals surface area (Å²) in [5.74, 6) is -0.245. The van der Waals surface area contributed by atoms with Crippen molar-refractivity contribution in [2.24, 2.45) is 0 Å². The smallest absolute Gasteiger partial charge is 0.338 e. The molecule has 2 fully saturated rings. The summed E-state index contributed by atoms with van der Waals surface area (Å²) >= 11 is 6.10. The van der Waals surface area contributed by atoms with Crippen molar-refractivity contribution < 1.29 is 43.9 Å². The highest BCUT2D eigenvalue weighted by Gasteiger charge is 2.55. The Morgan fingerprint density at radius 1 is 1.07 bits per heavy atom. The average molecular weight is 629 g/mol.